The van der Waals surface area contributed by atoms with E-state index in [1.54, 1.807) is 0 Å². The first-order chi connectivity index (χ1) is 7.93. The maximum absolute atomic E-state index is 5.44. The number of fused-ring (bicyclic) bond motifs is 1. The van der Waals surface area contributed by atoms with Crippen molar-refractivity contribution in [1.29, 1.82) is 0 Å². The van der Waals surface area contributed by atoms with Crippen LogP contribution in [0.2, 0.25) is 0 Å². The minimum atomic E-state index is 0.973. The van der Waals surface area contributed by atoms with E-state index >= 15 is 0 Å². The van der Waals surface area contributed by atoms with Gasteiger partial charge in [0.05, 0.1) is 0 Å². The molecular formula is C12H19N3O. The lowest BCUT2D eigenvalue weighted by Gasteiger charge is -2.26. The molecule has 1 N–H and O–H groups in total. The summed E-state index contributed by atoms with van der Waals surface area (Å²) in [5, 5.41) is 7.63. The third-order valence-electron chi connectivity index (χ3n) is 3.61. The highest BCUT2D eigenvalue weighted by Crippen LogP contribution is 2.24. The van der Waals surface area contributed by atoms with Gasteiger partial charge in [0.1, 0.15) is 11.5 Å². The Bertz CT molecular complexity index is 355. The highest BCUT2D eigenvalue weighted by atomic mass is 16.5. The second-order valence-corrected chi connectivity index (χ2v) is 4.76. The van der Waals surface area contributed by atoms with Crippen LogP contribution in [0.3, 0.4) is 0 Å². The Morgan fingerprint density at radius 2 is 2.00 bits per heavy atom. The van der Waals surface area contributed by atoms with Crippen molar-refractivity contribution in [3.8, 4) is 0 Å². The van der Waals surface area contributed by atoms with Crippen LogP contribution in [-0.4, -0.2) is 36.2 Å². The molecule has 0 bridgehead atoms. The number of piperazine rings is 1. The molecule has 2 aliphatic rings. The number of hydrogen-bond donors (Lipinski definition) is 1. The monoisotopic (exact) mass is 221 g/mol. The minimum Gasteiger partial charge on any atom is -0.361 e. The molecule has 0 aromatic carbocycles. The van der Waals surface area contributed by atoms with Gasteiger partial charge in [0.2, 0.25) is 0 Å². The van der Waals surface area contributed by atoms with Crippen LogP contribution in [0.1, 0.15) is 29.9 Å². The second-order valence-electron chi connectivity index (χ2n) is 4.76. The second kappa shape index (κ2) is 4.55. The van der Waals surface area contributed by atoms with E-state index in [-0.39, 0.29) is 0 Å². The largest absolute Gasteiger partial charge is 0.361 e. The van der Waals surface area contributed by atoms with Gasteiger partial charge in [-0.25, -0.2) is 0 Å². The Kier molecular flexibility index (Phi) is 2.93. The lowest BCUT2D eigenvalue weighted by molar-refractivity contribution is 0.226. The molecule has 88 valence electrons. The van der Waals surface area contributed by atoms with Crippen molar-refractivity contribution in [2.45, 2.75) is 32.2 Å². The topological polar surface area (TPSA) is 41.3 Å². The molecule has 0 spiro atoms. The quantitative estimate of drug-likeness (QED) is 0.807. The molecule has 1 aromatic rings. The Balaban J connectivity index is 1.71. The molecule has 1 fully saturated rings. The fourth-order valence-electron chi connectivity index (χ4n) is 2.65. The van der Waals surface area contributed by atoms with Gasteiger partial charge in [-0.2, -0.15) is 0 Å². The minimum absolute atomic E-state index is 0.973. The molecule has 1 aliphatic carbocycles. The van der Waals surface area contributed by atoms with Crippen LogP contribution in [0.5, 0.6) is 0 Å². The Labute approximate surface area is 96.0 Å². The number of rotatable bonds is 2. The summed E-state index contributed by atoms with van der Waals surface area (Å²) in [7, 11) is 0. The van der Waals surface area contributed by atoms with Gasteiger partial charge in [0.25, 0.3) is 0 Å². The van der Waals surface area contributed by atoms with E-state index in [0.717, 1.165) is 44.9 Å². The number of aromatic nitrogens is 1. The number of nitrogens with one attached hydrogen (secondary N) is 1. The van der Waals surface area contributed by atoms with Gasteiger partial charge in [-0.1, -0.05) is 5.16 Å². The van der Waals surface area contributed by atoms with E-state index < -0.39 is 0 Å². The van der Waals surface area contributed by atoms with E-state index in [0.29, 0.717) is 0 Å². The molecule has 0 saturated carbocycles. The van der Waals surface area contributed by atoms with Crippen LogP contribution < -0.4 is 5.32 Å². The van der Waals surface area contributed by atoms with Gasteiger partial charge in [-0.05, 0) is 19.3 Å². The summed E-state index contributed by atoms with van der Waals surface area (Å²) in [6.45, 7) is 5.42. The molecule has 2 heterocycles. The van der Waals surface area contributed by atoms with Crippen molar-refractivity contribution in [3.63, 3.8) is 0 Å². The molecule has 1 aromatic heterocycles. The molecular weight excluding hydrogens is 202 g/mol. The predicted molar refractivity (Wildman–Crippen MR) is 61.3 cm³/mol. The van der Waals surface area contributed by atoms with Crippen molar-refractivity contribution < 1.29 is 4.52 Å². The summed E-state index contributed by atoms with van der Waals surface area (Å²) >= 11 is 0. The van der Waals surface area contributed by atoms with Crippen molar-refractivity contribution in [2.75, 3.05) is 26.2 Å². The van der Waals surface area contributed by atoms with E-state index in [1.165, 1.54) is 30.5 Å². The first-order valence-corrected chi connectivity index (χ1v) is 6.33. The number of aryl methyl sites for hydroxylation is 1. The summed E-state index contributed by atoms with van der Waals surface area (Å²) in [4.78, 5) is 2.46. The third kappa shape index (κ3) is 1.99. The molecule has 4 heteroatoms. The smallest absolute Gasteiger partial charge is 0.140 e. The zero-order chi connectivity index (χ0) is 10.8. The van der Waals surface area contributed by atoms with Crippen LogP contribution in [0.15, 0.2) is 4.52 Å². The third-order valence-corrected chi connectivity index (χ3v) is 3.61. The average Bonchev–Trinajstić information content (AvgIpc) is 2.74. The molecule has 0 amide bonds. The molecule has 3 rings (SSSR count). The fourth-order valence-corrected chi connectivity index (χ4v) is 2.65. The Morgan fingerprint density at radius 1 is 1.19 bits per heavy atom. The lowest BCUT2D eigenvalue weighted by Crippen LogP contribution is -2.43. The lowest BCUT2D eigenvalue weighted by atomic mass is 9.96. The zero-order valence-electron chi connectivity index (χ0n) is 9.67. The Hall–Kier alpha value is -0.870. The van der Waals surface area contributed by atoms with E-state index in [4.69, 9.17) is 4.52 Å². The SMILES string of the molecule is C1CCc2c(CN3CCNCC3)noc2C1. The van der Waals surface area contributed by atoms with Gasteiger partial charge in [0.15, 0.2) is 0 Å². The molecule has 0 atom stereocenters. The summed E-state index contributed by atoms with van der Waals surface area (Å²) in [5.41, 5.74) is 2.60. The van der Waals surface area contributed by atoms with Crippen LogP contribution in [-0.2, 0) is 19.4 Å². The predicted octanol–water partition coefficient (Wildman–Crippen LogP) is 0.959. The van der Waals surface area contributed by atoms with Gasteiger partial charge < -0.3 is 9.84 Å². The first kappa shape index (κ1) is 10.3. The van der Waals surface area contributed by atoms with E-state index in [2.05, 4.69) is 15.4 Å². The number of nitrogens with zero attached hydrogens (tertiary/aromatic N) is 2. The zero-order valence-corrected chi connectivity index (χ0v) is 9.67. The highest BCUT2D eigenvalue weighted by molar-refractivity contribution is 5.25. The van der Waals surface area contributed by atoms with Crippen molar-refractivity contribution >= 4 is 0 Å². The van der Waals surface area contributed by atoms with E-state index in [9.17, 15) is 0 Å². The average molecular weight is 221 g/mol. The van der Waals surface area contributed by atoms with Gasteiger partial charge in [-0.15, -0.1) is 0 Å². The number of hydrogen-bond acceptors (Lipinski definition) is 4. The normalized spacial score (nSPS) is 22.0. The summed E-state index contributed by atoms with van der Waals surface area (Å²) in [5.74, 6) is 1.15. The van der Waals surface area contributed by atoms with Crippen molar-refractivity contribution in [1.82, 2.24) is 15.4 Å². The molecule has 0 unspecified atom stereocenters. The first-order valence-electron chi connectivity index (χ1n) is 6.33. The molecule has 1 saturated heterocycles. The van der Waals surface area contributed by atoms with Gasteiger partial charge >= 0.3 is 0 Å². The standard InChI is InChI=1S/C12H19N3O/c1-2-4-12-10(3-1)11(14-16-12)9-15-7-5-13-6-8-15/h13H,1-9H2. The van der Waals surface area contributed by atoms with Gasteiger partial charge in [0, 0.05) is 44.7 Å². The van der Waals surface area contributed by atoms with Crippen LogP contribution >= 0.6 is 0 Å². The van der Waals surface area contributed by atoms with Crippen LogP contribution in [0.25, 0.3) is 0 Å². The van der Waals surface area contributed by atoms with Crippen LogP contribution in [0.4, 0.5) is 0 Å². The van der Waals surface area contributed by atoms with Crippen molar-refractivity contribution in [3.05, 3.63) is 17.0 Å². The molecule has 16 heavy (non-hydrogen) atoms. The highest BCUT2D eigenvalue weighted by Gasteiger charge is 2.21. The van der Waals surface area contributed by atoms with Crippen LogP contribution in [0, 0.1) is 0 Å². The molecule has 4 nitrogen and oxygen atoms in total. The molecule has 0 radical (unpaired) electrons. The maximum Gasteiger partial charge on any atom is 0.140 e. The summed E-state index contributed by atoms with van der Waals surface area (Å²) in [6.07, 6.45) is 4.81. The Morgan fingerprint density at radius 3 is 2.88 bits per heavy atom. The van der Waals surface area contributed by atoms with E-state index in [1.807, 2.05) is 0 Å². The maximum atomic E-state index is 5.44. The fraction of sp³-hybridized carbons (Fsp3) is 0.750. The summed E-state index contributed by atoms with van der Waals surface area (Å²) < 4.78 is 5.44. The summed E-state index contributed by atoms with van der Waals surface area (Å²) in [6, 6.07) is 0. The van der Waals surface area contributed by atoms with Crippen molar-refractivity contribution in [2.24, 2.45) is 0 Å². The van der Waals surface area contributed by atoms with Gasteiger partial charge in [-0.3, -0.25) is 4.90 Å². The molecule has 1 aliphatic heterocycles.